The number of aromatic nitrogens is 3. The van der Waals surface area contributed by atoms with Crippen molar-refractivity contribution in [1.29, 1.82) is 0 Å². The van der Waals surface area contributed by atoms with Crippen LogP contribution in [0.5, 0.6) is 0 Å². The summed E-state index contributed by atoms with van der Waals surface area (Å²) in [5.74, 6) is -0.258. The summed E-state index contributed by atoms with van der Waals surface area (Å²) in [6, 6.07) is 6.32. The molecule has 1 unspecified atom stereocenters. The van der Waals surface area contributed by atoms with E-state index in [1.165, 1.54) is 18.5 Å². The second-order valence-electron chi connectivity index (χ2n) is 6.56. The van der Waals surface area contributed by atoms with Gasteiger partial charge >= 0.3 is 0 Å². The van der Waals surface area contributed by atoms with Crippen LogP contribution in [0.4, 0.5) is 4.39 Å². The molecule has 0 radical (unpaired) electrons. The average Bonchev–Trinajstić information content (AvgIpc) is 3.04. The molecule has 1 aromatic heterocycles. The number of aliphatic hydroxyl groups is 1. The normalized spacial score (nSPS) is 25.7. The number of rotatable bonds is 3. The van der Waals surface area contributed by atoms with E-state index in [0.29, 0.717) is 6.54 Å². The number of benzene rings is 1. The maximum Gasteiger partial charge on any atom is 0.137 e. The van der Waals surface area contributed by atoms with Gasteiger partial charge in [-0.3, -0.25) is 0 Å². The second kappa shape index (κ2) is 5.32. The highest BCUT2D eigenvalue weighted by molar-refractivity contribution is 5.56. The number of hydrogen-bond acceptors (Lipinski definition) is 3. The summed E-state index contributed by atoms with van der Waals surface area (Å²) >= 11 is 0. The standard InChI is InChI=1S/C17H20FN3O/c1-16(2)8-7-14(9-13-3-5-15(18)6-4-13)17(16,22)10-21-12-19-11-20-21/h3-6,9,11-12,22H,7-8,10H2,1-2H3/b14-9-. The lowest BCUT2D eigenvalue weighted by atomic mass is 9.76. The summed E-state index contributed by atoms with van der Waals surface area (Å²) in [7, 11) is 0. The fraction of sp³-hybridized carbons (Fsp3) is 0.412. The van der Waals surface area contributed by atoms with Crippen molar-refractivity contribution in [3.8, 4) is 0 Å². The highest BCUT2D eigenvalue weighted by Crippen LogP contribution is 2.50. The van der Waals surface area contributed by atoms with Crippen LogP contribution in [0.3, 0.4) is 0 Å². The SMILES string of the molecule is CC1(C)CC/C(=C/c2ccc(F)cc2)C1(O)Cn1cncn1. The van der Waals surface area contributed by atoms with Crippen molar-refractivity contribution in [3.63, 3.8) is 0 Å². The summed E-state index contributed by atoms with van der Waals surface area (Å²) in [6.07, 6.45) is 6.75. The van der Waals surface area contributed by atoms with Crippen molar-refractivity contribution in [3.05, 3.63) is 53.9 Å². The van der Waals surface area contributed by atoms with E-state index in [1.807, 2.05) is 6.08 Å². The predicted octanol–water partition coefficient (Wildman–Crippen LogP) is 3.05. The van der Waals surface area contributed by atoms with Gasteiger partial charge in [-0.1, -0.05) is 32.1 Å². The maximum absolute atomic E-state index is 13.0. The molecule has 4 nitrogen and oxygen atoms in total. The molecule has 0 amide bonds. The third-order valence-electron chi connectivity index (χ3n) is 4.74. The molecular weight excluding hydrogens is 281 g/mol. The molecule has 1 fully saturated rings. The van der Waals surface area contributed by atoms with Crippen molar-refractivity contribution in [2.45, 2.75) is 38.8 Å². The van der Waals surface area contributed by atoms with Gasteiger partial charge in [0.25, 0.3) is 0 Å². The Kier molecular flexibility index (Phi) is 3.60. The molecule has 116 valence electrons. The Hall–Kier alpha value is -2.01. The summed E-state index contributed by atoms with van der Waals surface area (Å²) in [4.78, 5) is 3.94. The lowest BCUT2D eigenvalue weighted by Gasteiger charge is -2.37. The quantitative estimate of drug-likeness (QED) is 0.948. The van der Waals surface area contributed by atoms with Crippen LogP contribution in [0.15, 0.2) is 42.5 Å². The van der Waals surface area contributed by atoms with E-state index < -0.39 is 5.60 Å². The van der Waals surface area contributed by atoms with Crippen molar-refractivity contribution < 1.29 is 9.50 Å². The minimum atomic E-state index is -0.991. The van der Waals surface area contributed by atoms with Gasteiger partial charge in [0.1, 0.15) is 24.1 Å². The lowest BCUT2D eigenvalue weighted by Crippen LogP contribution is -2.45. The molecule has 1 N–H and O–H groups in total. The van der Waals surface area contributed by atoms with Gasteiger partial charge in [0.15, 0.2) is 0 Å². The van der Waals surface area contributed by atoms with Crippen molar-refractivity contribution in [2.24, 2.45) is 5.41 Å². The first-order valence-electron chi connectivity index (χ1n) is 7.42. The lowest BCUT2D eigenvalue weighted by molar-refractivity contribution is -0.0298. The first-order valence-corrected chi connectivity index (χ1v) is 7.42. The van der Waals surface area contributed by atoms with Crippen molar-refractivity contribution in [1.82, 2.24) is 14.8 Å². The molecule has 0 aliphatic heterocycles. The Balaban J connectivity index is 1.97. The first-order chi connectivity index (χ1) is 10.4. The number of hydrogen-bond donors (Lipinski definition) is 1. The van der Waals surface area contributed by atoms with Crippen LogP contribution in [-0.2, 0) is 6.54 Å². The van der Waals surface area contributed by atoms with Crippen LogP contribution in [-0.4, -0.2) is 25.5 Å². The molecule has 1 aliphatic carbocycles. The van der Waals surface area contributed by atoms with Gasteiger partial charge in [-0.2, -0.15) is 5.10 Å². The van der Waals surface area contributed by atoms with E-state index in [4.69, 9.17) is 0 Å². The number of nitrogens with zero attached hydrogens (tertiary/aromatic N) is 3. The van der Waals surface area contributed by atoms with Gasteiger partial charge in [-0.05, 0) is 41.5 Å². The zero-order valence-electron chi connectivity index (χ0n) is 12.8. The Morgan fingerprint density at radius 2 is 2.05 bits per heavy atom. The first kappa shape index (κ1) is 14.9. The van der Waals surface area contributed by atoms with Crippen LogP contribution in [0.2, 0.25) is 0 Å². The number of halogens is 1. The monoisotopic (exact) mass is 301 g/mol. The van der Waals surface area contributed by atoms with E-state index in [2.05, 4.69) is 23.9 Å². The highest BCUT2D eigenvalue weighted by Gasteiger charge is 2.51. The predicted molar refractivity (Wildman–Crippen MR) is 82.4 cm³/mol. The fourth-order valence-electron chi connectivity index (χ4n) is 3.11. The summed E-state index contributed by atoms with van der Waals surface area (Å²) in [5, 5.41) is 15.4. The molecular formula is C17H20FN3O. The zero-order chi connectivity index (χ0) is 15.8. The third-order valence-corrected chi connectivity index (χ3v) is 4.74. The minimum absolute atomic E-state index is 0.258. The van der Waals surface area contributed by atoms with Crippen LogP contribution >= 0.6 is 0 Å². The topological polar surface area (TPSA) is 50.9 Å². The third kappa shape index (κ3) is 2.57. The van der Waals surface area contributed by atoms with Crippen molar-refractivity contribution in [2.75, 3.05) is 0 Å². The molecule has 1 saturated carbocycles. The molecule has 0 saturated heterocycles. The van der Waals surface area contributed by atoms with Crippen LogP contribution < -0.4 is 0 Å². The molecule has 1 heterocycles. The molecule has 1 atom stereocenters. The Morgan fingerprint density at radius 1 is 1.32 bits per heavy atom. The molecule has 1 aliphatic rings. The van der Waals surface area contributed by atoms with E-state index in [9.17, 15) is 9.50 Å². The highest BCUT2D eigenvalue weighted by atomic mass is 19.1. The van der Waals surface area contributed by atoms with E-state index in [-0.39, 0.29) is 11.2 Å². The van der Waals surface area contributed by atoms with Gasteiger partial charge in [0.05, 0.1) is 6.54 Å². The summed E-state index contributed by atoms with van der Waals surface area (Å²) < 4.78 is 14.7. The Morgan fingerprint density at radius 3 is 2.68 bits per heavy atom. The van der Waals surface area contributed by atoms with Crippen molar-refractivity contribution >= 4 is 6.08 Å². The Bertz CT molecular complexity index is 676. The average molecular weight is 301 g/mol. The van der Waals surface area contributed by atoms with Crippen LogP contribution in [0, 0.1) is 11.2 Å². The minimum Gasteiger partial charge on any atom is -0.383 e. The molecule has 0 bridgehead atoms. The molecule has 2 aromatic rings. The van der Waals surface area contributed by atoms with Gasteiger partial charge in [-0.15, -0.1) is 0 Å². The smallest absolute Gasteiger partial charge is 0.137 e. The molecule has 1 aromatic carbocycles. The largest absolute Gasteiger partial charge is 0.383 e. The van der Waals surface area contributed by atoms with E-state index in [1.54, 1.807) is 23.1 Å². The summed E-state index contributed by atoms with van der Waals surface area (Å²) in [6.45, 7) is 4.50. The van der Waals surface area contributed by atoms with Gasteiger partial charge in [0, 0.05) is 0 Å². The maximum atomic E-state index is 13.0. The summed E-state index contributed by atoms with van der Waals surface area (Å²) in [5.41, 5.74) is 0.602. The second-order valence-corrected chi connectivity index (χ2v) is 6.56. The Labute approximate surface area is 129 Å². The van der Waals surface area contributed by atoms with Gasteiger partial charge < -0.3 is 5.11 Å². The zero-order valence-corrected chi connectivity index (χ0v) is 12.8. The molecule has 0 spiro atoms. The van der Waals surface area contributed by atoms with E-state index >= 15 is 0 Å². The molecule has 5 heteroatoms. The molecule has 22 heavy (non-hydrogen) atoms. The van der Waals surface area contributed by atoms with Crippen LogP contribution in [0.1, 0.15) is 32.3 Å². The fourth-order valence-corrected chi connectivity index (χ4v) is 3.11. The van der Waals surface area contributed by atoms with Gasteiger partial charge in [0.2, 0.25) is 0 Å². The van der Waals surface area contributed by atoms with Crippen LogP contribution in [0.25, 0.3) is 6.08 Å². The molecule has 3 rings (SSSR count). The van der Waals surface area contributed by atoms with Gasteiger partial charge in [-0.25, -0.2) is 14.1 Å². The van der Waals surface area contributed by atoms with E-state index in [0.717, 1.165) is 24.0 Å².